The molecule has 0 saturated heterocycles. The van der Waals surface area contributed by atoms with E-state index < -0.39 is 11.6 Å². The van der Waals surface area contributed by atoms with Gasteiger partial charge in [0.15, 0.2) is 0 Å². The molecule has 5 rings (SSSR count). The summed E-state index contributed by atoms with van der Waals surface area (Å²) in [5.74, 6) is -1.13. The zero-order valence-electron chi connectivity index (χ0n) is 16.7. The van der Waals surface area contributed by atoms with Gasteiger partial charge in [0.2, 0.25) is 5.91 Å². The van der Waals surface area contributed by atoms with Crippen LogP contribution in [0.2, 0.25) is 0 Å². The van der Waals surface area contributed by atoms with E-state index in [1.54, 1.807) is 11.9 Å². The molecule has 2 aliphatic rings. The van der Waals surface area contributed by atoms with Crippen LogP contribution >= 0.6 is 0 Å². The minimum absolute atomic E-state index is 0.0204. The van der Waals surface area contributed by atoms with Crippen LogP contribution in [0.15, 0.2) is 61.1 Å². The minimum atomic E-state index is -0.578. The van der Waals surface area contributed by atoms with Crippen molar-refractivity contribution in [2.75, 3.05) is 7.05 Å². The number of rotatable bonds is 3. The maximum atomic E-state index is 13.6. The third-order valence-corrected chi connectivity index (χ3v) is 5.93. The van der Waals surface area contributed by atoms with Crippen molar-refractivity contribution in [2.24, 2.45) is 5.92 Å². The first-order valence-corrected chi connectivity index (χ1v) is 9.86. The van der Waals surface area contributed by atoms with Gasteiger partial charge in [0.05, 0.1) is 0 Å². The Morgan fingerprint density at radius 1 is 1.10 bits per heavy atom. The second kappa shape index (κ2) is 6.83. The zero-order valence-corrected chi connectivity index (χ0v) is 16.7. The van der Waals surface area contributed by atoms with Gasteiger partial charge < -0.3 is 14.8 Å². The van der Waals surface area contributed by atoms with Crippen molar-refractivity contribution < 1.29 is 13.6 Å². The fraction of sp³-hybridized carbons (Fsp3) is 0.208. The Labute approximate surface area is 173 Å². The summed E-state index contributed by atoms with van der Waals surface area (Å²) in [7, 11) is 1.77. The number of fused-ring (bicyclic) bond motifs is 2. The van der Waals surface area contributed by atoms with Crippen molar-refractivity contribution in [2.45, 2.75) is 19.5 Å². The summed E-state index contributed by atoms with van der Waals surface area (Å²) in [6.45, 7) is 2.39. The lowest BCUT2D eigenvalue weighted by Crippen LogP contribution is -2.46. The van der Waals surface area contributed by atoms with Gasteiger partial charge in [-0.05, 0) is 53.6 Å². The summed E-state index contributed by atoms with van der Waals surface area (Å²) in [6.07, 6.45) is 7.75. The Balaban J connectivity index is 1.59. The topological polar surface area (TPSA) is 37.3 Å². The summed E-state index contributed by atoms with van der Waals surface area (Å²) >= 11 is 0. The van der Waals surface area contributed by atoms with E-state index in [1.165, 1.54) is 12.1 Å². The molecule has 0 aliphatic carbocycles. The Morgan fingerprint density at radius 2 is 1.87 bits per heavy atom. The highest BCUT2D eigenvalue weighted by Crippen LogP contribution is 2.36. The molecule has 0 fully saturated rings. The molecule has 1 amide bonds. The lowest BCUT2D eigenvalue weighted by Gasteiger charge is -2.31. The molecule has 3 heterocycles. The van der Waals surface area contributed by atoms with Gasteiger partial charge in [-0.2, -0.15) is 0 Å². The van der Waals surface area contributed by atoms with Crippen LogP contribution < -0.4 is 5.32 Å². The van der Waals surface area contributed by atoms with Crippen molar-refractivity contribution in [3.05, 3.63) is 89.4 Å². The number of carbonyl (C=O) groups is 1. The molecule has 1 N–H and O–H groups in total. The maximum Gasteiger partial charge on any atom is 0.249 e. The number of benzene rings is 2. The van der Waals surface area contributed by atoms with Crippen LogP contribution in [0.25, 0.3) is 16.5 Å². The number of hydrogen-bond acceptors (Lipinski definition) is 2. The van der Waals surface area contributed by atoms with Gasteiger partial charge in [0, 0.05) is 48.9 Å². The van der Waals surface area contributed by atoms with Crippen molar-refractivity contribution in [1.29, 1.82) is 0 Å². The highest BCUT2D eigenvalue weighted by molar-refractivity contribution is 5.94. The molecule has 6 heteroatoms. The second-order valence-corrected chi connectivity index (χ2v) is 8.01. The highest BCUT2D eigenvalue weighted by atomic mass is 19.1. The first-order chi connectivity index (χ1) is 14.4. The molecule has 4 nitrogen and oxygen atoms in total. The number of likely N-dealkylation sites (N-methyl/N-ethyl adjacent to an activating group) is 1. The van der Waals surface area contributed by atoms with Crippen LogP contribution in [0.1, 0.15) is 16.7 Å². The number of nitrogens with zero attached hydrogens (tertiary/aromatic N) is 2. The monoisotopic (exact) mass is 405 g/mol. The largest absolute Gasteiger partial charge is 0.379 e. The standard InChI is InChI=1S/C24H21F2N3O/c1-14-11-29(12-15-7-17(25)10-18(26)8-15)22-9-16(3-4-19(14)22)21-13-28(2)24(30)23-20(21)5-6-27-23/h3-11,13,20,23,27H,12H2,1-2H3. The molecule has 2 aliphatic heterocycles. The zero-order chi connectivity index (χ0) is 21.0. The lowest BCUT2D eigenvalue weighted by atomic mass is 9.85. The average molecular weight is 405 g/mol. The Hall–Kier alpha value is -3.41. The number of hydrogen-bond donors (Lipinski definition) is 1. The Kier molecular flexibility index (Phi) is 4.24. The second-order valence-electron chi connectivity index (χ2n) is 8.01. The molecule has 30 heavy (non-hydrogen) atoms. The van der Waals surface area contributed by atoms with E-state index in [0.29, 0.717) is 12.1 Å². The van der Waals surface area contributed by atoms with E-state index in [9.17, 15) is 13.6 Å². The minimum Gasteiger partial charge on any atom is -0.379 e. The van der Waals surface area contributed by atoms with E-state index in [1.807, 2.05) is 36.2 Å². The van der Waals surface area contributed by atoms with Gasteiger partial charge in [-0.1, -0.05) is 18.2 Å². The molecule has 0 saturated carbocycles. The number of amides is 1. The van der Waals surface area contributed by atoms with E-state index in [0.717, 1.165) is 33.7 Å². The lowest BCUT2D eigenvalue weighted by molar-refractivity contribution is -0.130. The van der Waals surface area contributed by atoms with Crippen molar-refractivity contribution in [1.82, 2.24) is 14.8 Å². The van der Waals surface area contributed by atoms with Crippen molar-refractivity contribution in [3.63, 3.8) is 0 Å². The third kappa shape index (κ3) is 3.00. The van der Waals surface area contributed by atoms with E-state index >= 15 is 0 Å². The van der Waals surface area contributed by atoms with Gasteiger partial charge in [0.25, 0.3) is 0 Å². The molecule has 152 valence electrons. The summed E-state index contributed by atoms with van der Waals surface area (Å²) in [5, 5.41) is 4.24. The van der Waals surface area contributed by atoms with E-state index in [4.69, 9.17) is 0 Å². The van der Waals surface area contributed by atoms with Crippen LogP contribution in [0, 0.1) is 24.5 Å². The molecule has 1 aromatic heterocycles. The smallest absolute Gasteiger partial charge is 0.249 e. The molecule has 0 bridgehead atoms. The first-order valence-electron chi connectivity index (χ1n) is 9.86. The summed E-state index contributed by atoms with van der Waals surface area (Å²) < 4.78 is 29.3. The van der Waals surface area contributed by atoms with Crippen molar-refractivity contribution >= 4 is 22.4 Å². The predicted molar refractivity (Wildman–Crippen MR) is 112 cm³/mol. The van der Waals surface area contributed by atoms with E-state index in [-0.39, 0.29) is 17.9 Å². The number of aryl methyl sites for hydroxylation is 1. The third-order valence-electron chi connectivity index (χ3n) is 5.93. The molecule has 3 aromatic rings. The number of nitrogens with one attached hydrogen (secondary N) is 1. The van der Waals surface area contributed by atoms with Crippen LogP contribution in [-0.2, 0) is 11.3 Å². The van der Waals surface area contributed by atoms with Crippen molar-refractivity contribution in [3.8, 4) is 0 Å². The summed E-state index contributed by atoms with van der Waals surface area (Å²) in [5.41, 5.74) is 4.74. The molecule has 0 spiro atoms. The number of aromatic nitrogens is 1. The molecule has 2 aromatic carbocycles. The van der Waals surface area contributed by atoms with Gasteiger partial charge in [-0.15, -0.1) is 0 Å². The average Bonchev–Trinajstić information content (AvgIpc) is 3.29. The quantitative estimate of drug-likeness (QED) is 0.710. The summed E-state index contributed by atoms with van der Waals surface area (Å²) in [4.78, 5) is 14.1. The maximum absolute atomic E-state index is 13.6. The van der Waals surface area contributed by atoms with Crippen LogP contribution in [-0.4, -0.2) is 28.5 Å². The molecular formula is C24H21F2N3O. The summed E-state index contributed by atoms with van der Waals surface area (Å²) in [6, 6.07) is 9.55. The van der Waals surface area contributed by atoms with Gasteiger partial charge >= 0.3 is 0 Å². The van der Waals surface area contributed by atoms with Gasteiger partial charge in [-0.25, -0.2) is 8.78 Å². The Morgan fingerprint density at radius 3 is 2.63 bits per heavy atom. The van der Waals surface area contributed by atoms with Gasteiger partial charge in [-0.3, -0.25) is 4.79 Å². The highest BCUT2D eigenvalue weighted by Gasteiger charge is 2.37. The predicted octanol–water partition coefficient (Wildman–Crippen LogP) is 4.19. The fourth-order valence-electron chi connectivity index (χ4n) is 4.52. The molecular weight excluding hydrogens is 384 g/mol. The van der Waals surface area contributed by atoms with Crippen LogP contribution in [0.3, 0.4) is 0 Å². The van der Waals surface area contributed by atoms with Gasteiger partial charge in [0.1, 0.15) is 17.7 Å². The number of carbonyl (C=O) groups excluding carboxylic acids is 1. The molecule has 2 unspecified atom stereocenters. The fourth-order valence-corrected chi connectivity index (χ4v) is 4.52. The molecule has 0 radical (unpaired) electrons. The van der Waals surface area contributed by atoms with Crippen LogP contribution in [0.4, 0.5) is 8.78 Å². The molecule has 2 atom stereocenters. The van der Waals surface area contributed by atoms with E-state index in [2.05, 4.69) is 23.5 Å². The van der Waals surface area contributed by atoms with Crippen LogP contribution in [0.5, 0.6) is 0 Å². The normalized spacial score (nSPS) is 20.5. The Bertz CT molecular complexity index is 1220. The SMILES string of the molecule is Cc1cn(Cc2cc(F)cc(F)c2)c2cc(C3=CN(C)C(=O)C4NC=CC34)ccc12. The number of halogens is 2. The first kappa shape index (κ1) is 18.6.